The highest BCUT2D eigenvalue weighted by atomic mass is 16.5. The average molecular weight is 389 g/mol. The van der Waals surface area contributed by atoms with Gasteiger partial charge in [0.1, 0.15) is 0 Å². The minimum absolute atomic E-state index is 0.351. The van der Waals surface area contributed by atoms with Gasteiger partial charge in [-0.2, -0.15) is 0 Å². The van der Waals surface area contributed by atoms with Gasteiger partial charge in [0.15, 0.2) is 0 Å². The summed E-state index contributed by atoms with van der Waals surface area (Å²) in [5.74, 6) is 2.93. The van der Waals surface area contributed by atoms with Crippen LogP contribution in [0.3, 0.4) is 0 Å². The fourth-order valence-electron chi connectivity index (χ4n) is 4.73. The van der Waals surface area contributed by atoms with E-state index in [9.17, 15) is 0 Å². The highest BCUT2D eigenvalue weighted by Crippen LogP contribution is 2.41. The lowest BCUT2D eigenvalue weighted by atomic mass is 9.72. The molecule has 0 saturated heterocycles. The predicted octanol–water partition coefficient (Wildman–Crippen LogP) is 8.99. The zero-order valence-electron chi connectivity index (χ0n) is 20.0. The largest absolute Gasteiger partial charge is 0.497 e. The molecule has 0 amide bonds. The molecular formula is C27H48O. The van der Waals surface area contributed by atoms with Crippen molar-refractivity contribution in [2.45, 2.75) is 125 Å². The molecule has 0 aliphatic heterocycles. The first-order valence-electron chi connectivity index (χ1n) is 12.5. The number of ether oxygens (including phenoxy) is 1. The van der Waals surface area contributed by atoms with Gasteiger partial charge < -0.3 is 4.74 Å². The zero-order valence-corrected chi connectivity index (χ0v) is 20.0. The fraction of sp³-hybridized carbons (Fsp3) is 0.852. The molecule has 2 rings (SSSR count). The van der Waals surface area contributed by atoms with Crippen LogP contribution in [-0.4, -0.2) is 6.61 Å². The maximum absolute atomic E-state index is 6.48. The van der Waals surface area contributed by atoms with Gasteiger partial charge in [0.25, 0.3) is 0 Å². The molecule has 0 aromatic rings. The molecule has 0 aromatic carbocycles. The minimum Gasteiger partial charge on any atom is -0.497 e. The van der Waals surface area contributed by atoms with Crippen molar-refractivity contribution >= 4 is 0 Å². The van der Waals surface area contributed by atoms with Gasteiger partial charge in [-0.15, -0.1) is 0 Å². The molecule has 2 atom stereocenters. The highest BCUT2D eigenvalue weighted by molar-refractivity contribution is 5.25. The Kier molecular flexibility index (Phi) is 9.64. The van der Waals surface area contributed by atoms with Gasteiger partial charge in [-0.05, 0) is 88.0 Å². The summed E-state index contributed by atoms with van der Waals surface area (Å²) in [5, 5.41) is 0. The van der Waals surface area contributed by atoms with Crippen LogP contribution in [0.2, 0.25) is 0 Å². The summed E-state index contributed by atoms with van der Waals surface area (Å²) in [4.78, 5) is 0. The summed E-state index contributed by atoms with van der Waals surface area (Å²) >= 11 is 0. The third-order valence-electron chi connectivity index (χ3n) is 7.60. The second-order valence-corrected chi connectivity index (χ2v) is 9.93. The van der Waals surface area contributed by atoms with Crippen molar-refractivity contribution in [1.82, 2.24) is 0 Å². The maximum Gasteiger partial charge on any atom is 0.0952 e. The molecule has 1 heteroatoms. The van der Waals surface area contributed by atoms with Crippen LogP contribution in [-0.2, 0) is 4.74 Å². The van der Waals surface area contributed by atoms with Gasteiger partial charge in [-0.3, -0.25) is 0 Å². The number of hydrogen-bond donors (Lipinski definition) is 0. The standard InChI is InChI=1S/C27H48O/c1-7-11-23(24-15-16-24)14-13-21(5)22(6)19-27(9-3,10-4)20-28-26(12-8-2)25-17-18-25/h21-22H,7-20H2,1-6H3. The lowest BCUT2D eigenvalue weighted by molar-refractivity contribution is 0.0494. The molecule has 0 N–H and O–H groups in total. The average Bonchev–Trinajstić information content (AvgIpc) is 3.58. The van der Waals surface area contributed by atoms with Crippen LogP contribution >= 0.6 is 0 Å². The van der Waals surface area contributed by atoms with E-state index in [-0.39, 0.29) is 0 Å². The van der Waals surface area contributed by atoms with E-state index in [4.69, 9.17) is 4.74 Å². The molecule has 2 unspecified atom stereocenters. The predicted molar refractivity (Wildman–Crippen MR) is 123 cm³/mol. The lowest BCUT2D eigenvalue weighted by Crippen LogP contribution is -2.30. The maximum atomic E-state index is 6.48. The van der Waals surface area contributed by atoms with E-state index in [2.05, 4.69) is 41.5 Å². The molecule has 0 radical (unpaired) electrons. The SMILES string of the molecule is CCCC(CCC(C)C(C)CC(CC)(CC)COC(CCC)=C1CC1)=C1CC1. The smallest absolute Gasteiger partial charge is 0.0952 e. The highest BCUT2D eigenvalue weighted by Gasteiger charge is 2.32. The summed E-state index contributed by atoms with van der Waals surface area (Å²) in [5.41, 5.74) is 5.55. The molecule has 162 valence electrons. The van der Waals surface area contributed by atoms with Gasteiger partial charge in [0.2, 0.25) is 0 Å². The van der Waals surface area contributed by atoms with Crippen molar-refractivity contribution in [3.05, 3.63) is 22.5 Å². The molecule has 2 saturated carbocycles. The van der Waals surface area contributed by atoms with Crippen LogP contribution in [0.4, 0.5) is 0 Å². The van der Waals surface area contributed by atoms with E-state index in [1.807, 2.05) is 5.57 Å². The van der Waals surface area contributed by atoms with Crippen LogP contribution < -0.4 is 0 Å². The van der Waals surface area contributed by atoms with Crippen molar-refractivity contribution in [2.75, 3.05) is 6.61 Å². The summed E-state index contributed by atoms with van der Waals surface area (Å²) < 4.78 is 6.48. The van der Waals surface area contributed by atoms with Crippen molar-refractivity contribution < 1.29 is 4.74 Å². The third kappa shape index (κ3) is 7.27. The van der Waals surface area contributed by atoms with Gasteiger partial charge in [-0.1, -0.05) is 59.1 Å². The Morgan fingerprint density at radius 1 is 0.821 bits per heavy atom. The van der Waals surface area contributed by atoms with Gasteiger partial charge >= 0.3 is 0 Å². The van der Waals surface area contributed by atoms with E-state index in [1.54, 1.807) is 11.1 Å². The molecule has 2 aliphatic carbocycles. The fourth-order valence-corrected chi connectivity index (χ4v) is 4.73. The lowest BCUT2D eigenvalue weighted by Gasteiger charge is -2.36. The van der Waals surface area contributed by atoms with Crippen LogP contribution in [0.15, 0.2) is 22.5 Å². The molecule has 2 aliphatic rings. The first-order valence-corrected chi connectivity index (χ1v) is 12.5. The Bertz CT molecular complexity index is 522. The minimum atomic E-state index is 0.351. The first-order chi connectivity index (χ1) is 13.5. The molecule has 0 spiro atoms. The summed E-state index contributed by atoms with van der Waals surface area (Å²) in [6.07, 6.45) is 16.8. The van der Waals surface area contributed by atoms with Gasteiger partial charge in [-0.25, -0.2) is 0 Å². The van der Waals surface area contributed by atoms with Crippen molar-refractivity contribution in [1.29, 1.82) is 0 Å². The number of rotatable bonds is 15. The van der Waals surface area contributed by atoms with E-state index in [0.717, 1.165) is 24.9 Å². The van der Waals surface area contributed by atoms with Crippen molar-refractivity contribution in [3.8, 4) is 0 Å². The molecular weight excluding hydrogens is 340 g/mol. The quantitative estimate of drug-likeness (QED) is 0.201. The van der Waals surface area contributed by atoms with Crippen molar-refractivity contribution in [2.24, 2.45) is 17.3 Å². The molecule has 1 nitrogen and oxygen atoms in total. The molecule has 0 heterocycles. The van der Waals surface area contributed by atoms with Gasteiger partial charge in [0, 0.05) is 11.8 Å². The Morgan fingerprint density at radius 3 is 1.93 bits per heavy atom. The first kappa shape index (κ1) is 23.6. The Hall–Kier alpha value is -0.720. The van der Waals surface area contributed by atoms with Gasteiger partial charge in [0.05, 0.1) is 12.4 Å². The normalized spacial score (nSPS) is 18.1. The summed E-state index contributed by atoms with van der Waals surface area (Å²) in [7, 11) is 0. The second kappa shape index (κ2) is 11.5. The topological polar surface area (TPSA) is 9.23 Å². The van der Waals surface area contributed by atoms with E-state index < -0.39 is 0 Å². The van der Waals surface area contributed by atoms with Crippen LogP contribution in [0, 0.1) is 17.3 Å². The Balaban J connectivity index is 1.88. The third-order valence-corrected chi connectivity index (χ3v) is 7.60. The monoisotopic (exact) mass is 388 g/mol. The molecule has 28 heavy (non-hydrogen) atoms. The van der Waals surface area contributed by atoms with Crippen LogP contribution in [0.25, 0.3) is 0 Å². The van der Waals surface area contributed by atoms with Crippen molar-refractivity contribution in [3.63, 3.8) is 0 Å². The Morgan fingerprint density at radius 2 is 1.43 bits per heavy atom. The Labute approximate surface area is 176 Å². The van der Waals surface area contributed by atoms with Crippen LogP contribution in [0.1, 0.15) is 125 Å². The summed E-state index contributed by atoms with van der Waals surface area (Å²) in [6.45, 7) is 15.3. The van der Waals surface area contributed by atoms with E-state index in [0.29, 0.717) is 5.41 Å². The van der Waals surface area contributed by atoms with E-state index in [1.165, 1.54) is 82.8 Å². The van der Waals surface area contributed by atoms with Crippen LogP contribution in [0.5, 0.6) is 0 Å². The molecule has 2 fully saturated rings. The molecule has 0 bridgehead atoms. The summed E-state index contributed by atoms with van der Waals surface area (Å²) in [6, 6.07) is 0. The number of allylic oxidation sites excluding steroid dienone is 4. The number of hydrogen-bond acceptors (Lipinski definition) is 1. The molecule has 0 aromatic heterocycles. The van der Waals surface area contributed by atoms with E-state index >= 15 is 0 Å². The zero-order chi connectivity index (χ0) is 20.6. The second-order valence-electron chi connectivity index (χ2n) is 9.93.